The monoisotopic (exact) mass is 369 g/mol. The molecular formula is C17H18ClF2N3O2. The van der Waals surface area contributed by atoms with E-state index < -0.39 is 13.0 Å². The van der Waals surface area contributed by atoms with E-state index in [9.17, 15) is 13.6 Å². The van der Waals surface area contributed by atoms with Crippen LogP contribution in [0.1, 0.15) is 40.0 Å². The summed E-state index contributed by atoms with van der Waals surface area (Å²) >= 11 is 6.04. The van der Waals surface area contributed by atoms with E-state index in [-0.39, 0.29) is 17.1 Å². The third-order valence-electron chi connectivity index (χ3n) is 3.65. The van der Waals surface area contributed by atoms with Gasteiger partial charge < -0.3 is 10.1 Å². The zero-order valence-corrected chi connectivity index (χ0v) is 14.6. The highest BCUT2D eigenvalue weighted by Crippen LogP contribution is 2.22. The number of ether oxygens (including phenoxy) is 1. The molecule has 8 heteroatoms. The fourth-order valence-corrected chi connectivity index (χ4v) is 2.49. The van der Waals surface area contributed by atoms with Crippen LogP contribution in [0.4, 0.5) is 8.78 Å². The van der Waals surface area contributed by atoms with Crippen LogP contribution in [0.2, 0.25) is 5.15 Å². The van der Waals surface area contributed by atoms with E-state index in [4.69, 9.17) is 16.3 Å². The normalized spacial score (nSPS) is 12.2. The van der Waals surface area contributed by atoms with E-state index in [1.54, 1.807) is 19.2 Å². The Kier molecular flexibility index (Phi) is 6.78. The molecule has 1 N–H and O–H groups in total. The van der Waals surface area contributed by atoms with Gasteiger partial charge in [0.1, 0.15) is 5.15 Å². The SMILES string of the molecule is Cc1cc(C(C)NCc2c(C=O)ccnc2Cl)cnc1OCC(F)F. The van der Waals surface area contributed by atoms with Crippen LogP contribution < -0.4 is 10.1 Å². The van der Waals surface area contributed by atoms with Crippen LogP contribution in [-0.2, 0) is 6.54 Å². The van der Waals surface area contributed by atoms with Gasteiger partial charge in [0.15, 0.2) is 12.9 Å². The van der Waals surface area contributed by atoms with Crippen molar-refractivity contribution in [1.82, 2.24) is 15.3 Å². The number of pyridine rings is 2. The first-order valence-electron chi connectivity index (χ1n) is 7.61. The van der Waals surface area contributed by atoms with Gasteiger partial charge in [0, 0.05) is 41.7 Å². The first kappa shape index (κ1) is 19.2. The molecule has 25 heavy (non-hydrogen) atoms. The topological polar surface area (TPSA) is 64.1 Å². The first-order chi connectivity index (χ1) is 11.9. The highest BCUT2D eigenvalue weighted by atomic mass is 35.5. The van der Waals surface area contributed by atoms with Gasteiger partial charge in [0.2, 0.25) is 5.88 Å². The van der Waals surface area contributed by atoms with E-state index >= 15 is 0 Å². The zero-order valence-electron chi connectivity index (χ0n) is 13.8. The average Bonchev–Trinajstić information content (AvgIpc) is 2.58. The van der Waals surface area contributed by atoms with E-state index in [0.717, 1.165) is 11.8 Å². The van der Waals surface area contributed by atoms with E-state index in [0.29, 0.717) is 23.2 Å². The number of nitrogens with one attached hydrogen (secondary N) is 1. The van der Waals surface area contributed by atoms with Crippen molar-refractivity contribution in [2.24, 2.45) is 0 Å². The van der Waals surface area contributed by atoms with Crippen molar-refractivity contribution in [3.05, 3.63) is 51.9 Å². The maximum Gasteiger partial charge on any atom is 0.272 e. The van der Waals surface area contributed by atoms with Crippen molar-refractivity contribution >= 4 is 17.9 Å². The molecule has 134 valence electrons. The zero-order chi connectivity index (χ0) is 18.4. The number of alkyl halides is 2. The molecule has 0 bridgehead atoms. The van der Waals surface area contributed by atoms with E-state index in [1.165, 1.54) is 6.20 Å². The summed E-state index contributed by atoms with van der Waals surface area (Å²) in [5, 5.41) is 3.52. The van der Waals surface area contributed by atoms with Crippen molar-refractivity contribution < 1.29 is 18.3 Å². The molecule has 0 aliphatic carbocycles. The fourth-order valence-electron chi connectivity index (χ4n) is 2.25. The summed E-state index contributed by atoms with van der Waals surface area (Å²) in [6.07, 6.45) is 1.23. The summed E-state index contributed by atoms with van der Waals surface area (Å²) in [6.45, 7) is 3.33. The van der Waals surface area contributed by atoms with Crippen LogP contribution in [0.25, 0.3) is 0 Å². The maximum atomic E-state index is 12.2. The standard InChI is InChI=1S/C17H18ClF2N3O2/c1-10-5-13(6-23-17(10)25-9-15(19)20)11(2)22-7-14-12(8-24)3-4-21-16(14)18/h3-6,8,11,15,22H,7,9H2,1-2H3. The molecule has 0 amide bonds. The number of carbonyl (C=O) groups excluding carboxylic acids is 1. The lowest BCUT2D eigenvalue weighted by Crippen LogP contribution is -2.20. The van der Waals surface area contributed by atoms with Gasteiger partial charge in [-0.05, 0) is 31.5 Å². The Labute approximate surface area is 149 Å². The fraction of sp³-hybridized carbons (Fsp3) is 0.353. The van der Waals surface area contributed by atoms with Crippen molar-refractivity contribution in [1.29, 1.82) is 0 Å². The second-order valence-electron chi connectivity index (χ2n) is 5.48. The number of aromatic nitrogens is 2. The summed E-state index contributed by atoms with van der Waals surface area (Å²) in [5.74, 6) is 0.190. The van der Waals surface area contributed by atoms with Gasteiger partial charge in [0.25, 0.3) is 6.43 Å². The van der Waals surface area contributed by atoms with Crippen LogP contribution in [0, 0.1) is 6.92 Å². The molecule has 1 unspecified atom stereocenters. The second-order valence-corrected chi connectivity index (χ2v) is 5.84. The molecule has 0 aliphatic heterocycles. The van der Waals surface area contributed by atoms with Gasteiger partial charge in [-0.15, -0.1) is 0 Å². The highest BCUT2D eigenvalue weighted by Gasteiger charge is 2.13. The third kappa shape index (κ3) is 5.17. The molecule has 0 aliphatic rings. The Morgan fingerprint density at radius 2 is 2.16 bits per heavy atom. The van der Waals surface area contributed by atoms with Gasteiger partial charge in [-0.3, -0.25) is 4.79 Å². The Hall–Kier alpha value is -2.12. The van der Waals surface area contributed by atoms with Crippen LogP contribution >= 0.6 is 11.6 Å². The van der Waals surface area contributed by atoms with Gasteiger partial charge in [-0.25, -0.2) is 18.7 Å². The lowest BCUT2D eigenvalue weighted by molar-refractivity contribution is 0.0792. The smallest absolute Gasteiger partial charge is 0.272 e. The lowest BCUT2D eigenvalue weighted by Gasteiger charge is -2.17. The third-order valence-corrected chi connectivity index (χ3v) is 3.97. The first-order valence-corrected chi connectivity index (χ1v) is 7.99. The predicted molar refractivity (Wildman–Crippen MR) is 90.4 cm³/mol. The number of hydrogen-bond donors (Lipinski definition) is 1. The maximum absolute atomic E-state index is 12.2. The minimum atomic E-state index is -2.54. The molecule has 0 radical (unpaired) electrons. The number of hydrogen-bond acceptors (Lipinski definition) is 5. The van der Waals surface area contributed by atoms with Crippen LogP contribution in [0.3, 0.4) is 0 Å². The van der Waals surface area contributed by atoms with Gasteiger partial charge >= 0.3 is 0 Å². The molecule has 2 aromatic rings. The minimum absolute atomic E-state index is 0.105. The van der Waals surface area contributed by atoms with E-state index in [1.807, 2.05) is 13.0 Å². The quantitative estimate of drug-likeness (QED) is 0.567. The molecule has 5 nitrogen and oxygen atoms in total. The Bertz CT molecular complexity index is 744. The molecule has 0 saturated carbocycles. The number of halogens is 3. The molecule has 0 spiro atoms. The number of aryl methyl sites for hydroxylation is 1. The Morgan fingerprint density at radius 3 is 2.80 bits per heavy atom. The van der Waals surface area contributed by atoms with Crippen LogP contribution in [-0.4, -0.2) is 29.3 Å². The summed E-state index contributed by atoms with van der Waals surface area (Å²) in [5.41, 5.74) is 2.62. The van der Waals surface area contributed by atoms with Gasteiger partial charge in [-0.2, -0.15) is 0 Å². The Balaban J connectivity index is 2.05. The molecule has 1 atom stereocenters. The summed E-state index contributed by atoms with van der Waals surface area (Å²) in [7, 11) is 0. The summed E-state index contributed by atoms with van der Waals surface area (Å²) < 4.78 is 29.4. The second kappa shape index (κ2) is 8.82. The number of rotatable bonds is 8. The summed E-state index contributed by atoms with van der Waals surface area (Å²) in [4.78, 5) is 19.2. The molecule has 0 aromatic carbocycles. The van der Waals surface area contributed by atoms with Crippen molar-refractivity contribution in [2.75, 3.05) is 6.61 Å². The summed E-state index contributed by atoms with van der Waals surface area (Å²) in [6, 6.07) is 3.31. The van der Waals surface area contributed by atoms with E-state index in [2.05, 4.69) is 15.3 Å². The van der Waals surface area contributed by atoms with Crippen LogP contribution in [0.5, 0.6) is 5.88 Å². The number of carbonyl (C=O) groups is 1. The highest BCUT2D eigenvalue weighted by molar-refractivity contribution is 6.30. The van der Waals surface area contributed by atoms with Crippen LogP contribution in [0.15, 0.2) is 24.5 Å². The molecule has 0 saturated heterocycles. The minimum Gasteiger partial charge on any atom is -0.471 e. The average molecular weight is 370 g/mol. The number of aldehydes is 1. The molecular weight excluding hydrogens is 352 g/mol. The molecule has 2 heterocycles. The number of nitrogens with zero attached hydrogens (tertiary/aromatic N) is 2. The molecule has 2 aromatic heterocycles. The van der Waals surface area contributed by atoms with Crippen molar-refractivity contribution in [3.8, 4) is 5.88 Å². The molecule has 2 rings (SSSR count). The van der Waals surface area contributed by atoms with Crippen molar-refractivity contribution in [2.45, 2.75) is 32.9 Å². The Morgan fingerprint density at radius 1 is 1.40 bits per heavy atom. The largest absolute Gasteiger partial charge is 0.471 e. The lowest BCUT2D eigenvalue weighted by atomic mass is 10.1. The molecule has 0 fully saturated rings. The van der Waals surface area contributed by atoms with Gasteiger partial charge in [-0.1, -0.05) is 11.6 Å². The predicted octanol–water partition coefficient (Wildman–Crippen LogP) is 3.75. The van der Waals surface area contributed by atoms with Crippen molar-refractivity contribution in [3.63, 3.8) is 0 Å². The van der Waals surface area contributed by atoms with Gasteiger partial charge in [0.05, 0.1) is 0 Å².